The minimum absolute atomic E-state index is 0.0555. The number of benzene rings is 2. The van der Waals surface area contributed by atoms with Crippen molar-refractivity contribution in [2.75, 3.05) is 57.4 Å². The maximum Gasteiger partial charge on any atom is 0.337 e. The number of aromatic carboxylic acids is 1. The quantitative estimate of drug-likeness (QED) is 0.241. The Morgan fingerprint density at radius 1 is 0.711 bits per heavy atom. The number of carboxylic acids is 1. The average Bonchev–Trinajstić information content (AvgIpc) is 3.00. The third-order valence-electron chi connectivity index (χ3n) is 8.29. The van der Waals surface area contributed by atoms with E-state index >= 15 is 0 Å². The van der Waals surface area contributed by atoms with Gasteiger partial charge in [-0.25, -0.2) is 9.59 Å². The molecule has 0 saturated carbocycles. The Morgan fingerprint density at radius 3 is 1.53 bits per heavy atom. The van der Waals surface area contributed by atoms with Crippen molar-refractivity contribution < 1.29 is 38.5 Å². The molecular formula is C35H48N2O8. The van der Waals surface area contributed by atoms with Crippen molar-refractivity contribution in [3.63, 3.8) is 0 Å². The zero-order valence-corrected chi connectivity index (χ0v) is 27.7. The van der Waals surface area contributed by atoms with E-state index in [9.17, 15) is 19.2 Å². The fourth-order valence-electron chi connectivity index (χ4n) is 5.84. The number of carboxylic acid groups (broad SMARTS) is 1. The van der Waals surface area contributed by atoms with Gasteiger partial charge in [0.15, 0.2) is 0 Å². The second-order valence-corrected chi connectivity index (χ2v) is 12.9. The summed E-state index contributed by atoms with van der Waals surface area (Å²) >= 11 is 0. The van der Waals surface area contributed by atoms with Crippen LogP contribution in [0.5, 0.6) is 0 Å². The van der Waals surface area contributed by atoms with E-state index in [0.29, 0.717) is 44.7 Å². The first-order valence-corrected chi connectivity index (χ1v) is 15.5. The van der Waals surface area contributed by atoms with Crippen LogP contribution in [-0.4, -0.2) is 76.5 Å². The number of esters is 1. The smallest absolute Gasteiger partial charge is 0.337 e. The molecule has 0 atom stereocenters. The van der Waals surface area contributed by atoms with Gasteiger partial charge in [-0.3, -0.25) is 9.59 Å². The third kappa shape index (κ3) is 8.70. The zero-order valence-electron chi connectivity index (χ0n) is 27.7. The van der Waals surface area contributed by atoms with Crippen LogP contribution in [0.4, 0.5) is 11.4 Å². The van der Waals surface area contributed by atoms with Gasteiger partial charge in [-0.05, 0) is 73.9 Å². The monoisotopic (exact) mass is 624 g/mol. The number of hydrogen-bond acceptors (Lipinski definition) is 7. The summed E-state index contributed by atoms with van der Waals surface area (Å²) in [4.78, 5) is 52.0. The molecule has 10 nitrogen and oxygen atoms in total. The van der Waals surface area contributed by atoms with Gasteiger partial charge < -0.3 is 29.1 Å². The van der Waals surface area contributed by atoms with E-state index in [0.717, 1.165) is 48.2 Å². The number of ether oxygens (including phenoxy) is 3. The Bertz CT molecular complexity index is 1380. The summed E-state index contributed by atoms with van der Waals surface area (Å²) < 4.78 is 14.9. The number of unbranched alkanes of at least 4 members (excludes halogenated alkanes) is 2. The number of amides is 2. The van der Waals surface area contributed by atoms with Crippen LogP contribution >= 0.6 is 0 Å². The topological polar surface area (TPSA) is 123 Å². The molecule has 2 aromatic rings. The average molecular weight is 625 g/mol. The van der Waals surface area contributed by atoms with Gasteiger partial charge in [-0.1, -0.05) is 39.8 Å². The highest BCUT2D eigenvalue weighted by molar-refractivity contribution is 6.02. The van der Waals surface area contributed by atoms with Crippen molar-refractivity contribution in [1.29, 1.82) is 0 Å². The first kappa shape index (κ1) is 35.7. The second kappa shape index (κ2) is 15.5. The molecule has 0 spiro atoms. The van der Waals surface area contributed by atoms with E-state index in [1.807, 2.05) is 39.8 Å². The minimum Gasteiger partial charge on any atom is -0.478 e. The number of methoxy groups -OCH3 is 3. The summed E-state index contributed by atoms with van der Waals surface area (Å²) in [6.45, 7) is 10.4. The standard InChI is InChI=1S/C18H25NO4.C17H23NO4/c1-18(2)12-14-8-7-13(16(20)23-4)11-15(14)19(17(18)21)9-5-6-10-22-3;1-17(2)11-13-7-6-12(15(19)20)10-14(13)18(16(17)21)8-4-5-9-22-3/h7-8,11H,5-6,9-10,12H2,1-4H3;6-7,10H,4-5,8-9,11H2,1-3H3,(H,19,20). The summed E-state index contributed by atoms with van der Waals surface area (Å²) in [6.07, 6.45) is 4.76. The van der Waals surface area contributed by atoms with Crippen LogP contribution in [0.15, 0.2) is 36.4 Å². The van der Waals surface area contributed by atoms with Gasteiger partial charge in [0, 0.05) is 62.7 Å². The highest BCUT2D eigenvalue weighted by Crippen LogP contribution is 2.39. The fraction of sp³-hybridized carbons (Fsp3) is 0.543. The van der Waals surface area contributed by atoms with Crippen molar-refractivity contribution in [3.8, 4) is 0 Å². The molecule has 0 unspecified atom stereocenters. The molecule has 0 aliphatic carbocycles. The molecule has 0 radical (unpaired) electrons. The first-order chi connectivity index (χ1) is 21.3. The van der Waals surface area contributed by atoms with Gasteiger partial charge in [0.1, 0.15) is 0 Å². The van der Waals surface area contributed by atoms with E-state index in [1.54, 1.807) is 48.3 Å². The van der Waals surface area contributed by atoms with Crippen LogP contribution in [0.1, 0.15) is 85.2 Å². The van der Waals surface area contributed by atoms with Gasteiger partial charge >= 0.3 is 11.9 Å². The van der Waals surface area contributed by atoms with Crippen molar-refractivity contribution in [3.05, 3.63) is 58.7 Å². The van der Waals surface area contributed by atoms with Crippen molar-refractivity contribution in [2.24, 2.45) is 10.8 Å². The molecule has 2 amide bonds. The number of nitrogens with zero attached hydrogens (tertiary/aromatic N) is 2. The Balaban J connectivity index is 0.000000246. The van der Waals surface area contributed by atoms with E-state index < -0.39 is 16.8 Å². The van der Waals surface area contributed by atoms with E-state index in [1.165, 1.54) is 7.11 Å². The molecule has 0 saturated heterocycles. The summed E-state index contributed by atoms with van der Waals surface area (Å²) in [6, 6.07) is 10.5. The van der Waals surface area contributed by atoms with Gasteiger partial charge in [0.05, 0.1) is 18.2 Å². The Hall–Kier alpha value is -3.76. The van der Waals surface area contributed by atoms with E-state index in [4.69, 9.17) is 19.3 Å². The van der Waals surface area contributed by atoms with Crippen LogP contribution in [0.2, 0.25) is 0 Å². The molecule has 2 aliphatic heterocycles. The van der Waals surface area contributed by atoms with Gasteiger partial charge in [-0.15, -0.1) is 0 Å². The van der Waals surface area contributed by atoms with Crippen molar-refractivity contribution in [1.82, 2.24) is 0 Å². The molecule has 2 heterocycles. The number of rotatable bonds is 12. The lowest BCUT2D eigenvalue weighted by Gasteiger charge is -2.39. The number of carbonyl (C=O) groups excluding carboxylic acids is 3. The van der Waals surface area contributed by atoms with Crippen LogP contribution in [0.3, 0.4) is 0 Å². The maximum absolute atomic E-state index is 12.8. The predicted octanol–water partition coefficient (Wildman–Crippen LogP) is 5.54. The Labute approximate surface area is 266 Å². The summed E-state index contributed by atoms with van der Waals surface area (Å²) in [7, 11) is 4.69. The number of hydrogen-bond donors (Lipinski definition) is 1. The van der Waals surface area contributed by atoms with Gasteiger partial charge in [0.25, 0.3) is 0 Å². The predicted molar refractivity (Wildman–Crippen MR) is 173 cm³/mol. The highest BCUT2D eigenvalue weighted by atomic mass is 16.5. The molecular weight excluding hydrogens is 576 g/mol. The van der Waals surface area contributed by atoms with Crippen LogP contribution in [0, 0.1) is 10.8 Å². The largest absolute Gasteiger partial charge is 0.478 e. The number of carbonyl (C=O) groups is 4. The lowest BCUT2D eigenvalue weighted by molar-refractivity contribution is -0.127. The summed E-state index contributed by atoms with van der Waals surface area (Å²) in [5, 5.41) is 9.17. The van der Waals surface area contributed by atoms with E-state index in [-0.39, 0.29) is 23.3 Å². The van der Waals surface area contributed by atoms with Crippen LogP contribution in [0.25, 0.3) is 0 Å². The second-order valence-electron chi connectivity index (χ2n) is 12.9. The molecule has 0 fully saturated rings. The van der Waals surface area contributed by atoms with Gasteiger partial charge in [0.2, 0.25) is 11.8 Å². The Kier molecular flexibility index (Phi) is 12.3. The zero-order chi connectivity index (χ0) is 33.4. The lowest BCUT2D eigenvalue weighted by atomic mass is 9.80. The minimum atomic E-state index is -0.973. The first-order valence-electron chi connectivity index (χ1n) is 15.5. The summed E-state index contributed by atoms with van der Waals surface area (Å²) in [5.41, 5.74) is 3.49. The molecule has 1 N–H and O–H groups in total. The van der Waals surface area contributed by atoms with Gasteiger partial charge in [-0.2, -0.15) is 0 Å². The number of fused-ring (bicyclic) bond motifs is 2. The molecule has 4 rings (SSSR count). The highest BCUT2D eigenvalue weighted by Gasteiger charge is 2.40. The van der Waals surface area contributed by atoms with E-state index in [2.05, 4.69) is 0 Å². The molecule has 2 aliphatic rings. The van der Waals surface area contributed by atoms with Crippen molar-refractivity contribution in [2.45, 2.75) is 66.2 Å². The molecule has 0 bridgehead atoms. The SMILES string of the molecule is COCCCCN1C(=O)C(C)(C)Cc2ccc(C(=O)O)cc21.COCCCCN1C(=O)C(C)(C)Cc2ccc(C(=O)OC)cc21. The van der Waals surface area contributed by atoms with Crippen molar-refractivity contribution >= 4 is 35.1 Å². The fourth-order valence-corrected chi connectivity index (χ4v) is 5.84. The normalized spacial score (nSPS) is 16.3. The molecule has 10 heteroatoms. The summed E-state index contributed by atoms with van der Waals surface area (Å²) in [5.74, 6) is -1.20. The van der Waals surface area contributed by atoms with Crippen LogP contribution in [-0.2, 0) is 36.6 Å². The van der Waals surface area contributed by atoms with Crippen LogP contribution < -0.4 is 9.80 Å². The lowest BCUT2D eigenvalue weighted by Crippen LogP contribution is -2.46. The Morgan fingerprint density at radius 2 is 1.13 bits per heavy atom. The third-order valence-corrected chi connectivity index (χ3v) is 8.29. The maximum atomic E-state index is 12.8. The molecule has 246 valence electrons. The number of anilines is 2. The molecule has 2 aromatic carbocycles. The molecule has 45 heavy (non-hydrogen) atoms. The molecule has 0 aromatic heterocycles.